The predicted molar refractivity (Wildman–Crippen MR) is 78.8 cm³/mol. The highest BCUT2D eigenvalue weighted by Gasteiger charge is 2.18. The number of hydrogen-bond acceptors (Lipinski definition) is 4. The van der Waals surface area contributed by atoms with Crippen molar-refractivity contribution in [2.75, 3.05) is 24.0 Å². The Kier molecular flexibility index (Phi) is 5.39. The molecule has 1 rings (SSSR count). The number of rotatable bonds is 5. The van der Waals surface area contributed by atoms with E-state index in [1.54, 1.807) is 30.9 Å². The summed E-state index contributed by atoms with van der Waals surface area (Å²) in [6.07, 6.45) is 1.95. The van der Waals surface area contributed by atoms with Crippen LogP contribution in [0.3, 0.4) is 0 Å². The van der Waals surface area contributed by atoms with Gasteiger partial charge in [-0.15, -0.1) is 0 Å². The summed E-state index contributed by atoms with van der Waals surface area (Å²) in [6.45, 7) is 1.87. The molecule has 19 heavy (non-hydrogen) atoms. The van der Waals surface area contributed by atoms with Gasteiger partial charge in [0.25, 0.3) is 0 Å². The first-order chi connectivity index (χ1) is 8.77. The van der Waals surface area contributed by atoms with E-state index < -0.39 is 10.0 Å². The number of nitrogens with two attached hydrogens (primary N) is 1. The molecule has 0 spiro atoms. The van der Waals surface area contributed by atoms with Crippen LogP contribution in [0.15, 0.2) is 29.2 Å². The van der Waals surface area contributed by atoms with E-state index in [1.807, 2.05) is 13.2 Å². The Morgan fingerprint density at radius 2 is 1.89 bits per heavy atom. The zero-order valence-corrected chi connectivity index (χ0v) is 12.8. The molecule has 0 aliphatic carbocycles. The highest BCUT2D eigenvalue weighted by molar-refractivity contribution is 7.98. The Balaban J connectivity index is 2.89. The second kappa shape index (κ2) is 6.40. The van der Waals surface area contributed by atoms with Gasteiger partial charge < -0.3 is 4.90 Å². The maximum atomic E-state index is 12.1. The summed E-state index contributed by atoms with van der Waals surface area (Å²) in [4.78, 5) is 13.6. The summed E-state index contributed by atoms with van der Waals surface area (Å²) in [5.41, 5.74) is 0.644. The van der Waals surface area contributed by atoms with Gasteiger partial charge in [-0.1, -0.05) is 6.92 Å². The molecule has 1 aromatic rings. The largest absolute Gasteiger partial charge is 0.315 e. The van der Waals surface area contributed by atoms with E-state index >= 15 is 0 Å². The number of thioether (sulfide) groups is 1. The molecule has 1 amide bonds. The molecule has 1 unspecified atom stereocenters. The molecule has 0 heterocycles. The van der Waals surface area contributed by atoms with E-state index in [0.29, 0.717) is 5.69 Å². The van der Waals surface area contributed by atoms with Crippen molar-refractivity contribution in [2.45, 2.75) is 11.8 Å². The molecule has 0 fully saturated rings. The van der Waals surface area contributed by atoms with Crippen LogP contribution in [0.5, 0.6) is 0 Å². The van der Waals surface area contributed by atoms with E-state index in [4.69, 9.17) is 5.14 Å². The van der Waals surface area contributed by atoms with Gasteiger partial charge in [-0.25, -0.2) is 13.6 Å². The van der Waals surface area contributed by atoms with Crippen molar-refractivity contribution in [3.05, 3.63) is 24.3 Å². The quantitative estimate of drug-likeness (QED) is 0.889. The van der Waals surface area contributed by atoms with Gasteiger partial charge in [0.2, 0.25) is 15.9 Å². The average Bonchev–Trinajstić information content (AvgIpc) is 2.36. The van der Waals surface area contributed by atoms with Crippen LogP contribution in [0.25, 0.3) is 0 Å². The molecule has 5 nitrogen and oxygen atoms in total. The maximum Gasteiger partial charge on any atom is 0.238 e. The van der Waals surface area contributed by atoms with E-state index in [9.17, 15) is 13.2 Å². The first-order valence-corrected chi connectivity index (χ1v) is 8.60. The first-order valence-electron chi connectivity index (χ1n) is 5.66. The van der Waals surface area contributed by atoms with Crippen LogP contribution in [0.4, 0.5) is 5.69 Å². The minimum atomic E-state index is -3.70. The van der Waals surface area contributed by atoms with Crippen LogP contribution in [0.1, 0.15) is 6.92 Å². The highest BCUT2D eigenvalue weighted by atomic mass is 32.2. The van der Waals surface area contributed by atoms with E-state index in [1.165, 1.54) is 17.0 Å². The molecule has 0 saturated heterocycles. The molecule has 7 heteroatoms. The minimum Gasteiger partial charge on any atom is -0.315 e. The van der Waals surface area contributed by atoms with Crippen LogP contribution in [0, 0.1) is 5.92 Å². The number of amides is 1. The molecule has 0 bridgehead atoms. The molecule has 1 aromatic carbocycles. The van der Waals surface area contributed by atoms with Gasteiger partial charge in [0.15, 0.2) is 0 Å². The van der Waals surface area contributed by atoms with Gasteiger partial charge in [-0.05, 0) is 30.5 Å². The lowest BCUT2D eigenvalue weighted by molar-refractivity contribution is -0.120. The SMILES string of the molecule is CSCC(C)C(=O)N(C)c1ccc(S(N)(=O)=O)cc1. The predicted octanol–water partition coefficient (Wildman–Crippen LogP) is 1.30. The molecular formula is C12H18N2O3S2. The summed E-state index contributed by atoms with van der Waals surface area (Å²) in [7, 11) is -2.03. The summed E-state index contributed by atoms with van der Waals surface area (Å²) < 4.78 is 22.3. The molecule has 106 valence electrons. The molecule has 0 aliphatic heterocycles. The number of carbonyl (C=O) groups is 1. The van der Waals surface area contributed by atoms with Crippen LogP contribution in [-0.2, 0) is 14.8 Å². The lowest BCUT2D eigenvalue weighted by Crippen LogP contribution is -2.32. The first kappa shape index (κ1) is 16.0. The maximum absolute atomic E-state index is 12.1. The molecule has 2 N–H and O–H groups in total. The normalized spacial score (nSPS) is 13.1. The molecule has 0 aliphatic rings. The van der Waals surface area contributed by atoms with Gasteiger partial charge in [-0.3, -0.25) is 4.79 Å². The van der Waals surface area contributed by atoms with Gasteiger partial charge in [-0.2, -0.15) is 11.8 Å². The Morgan fingerprint density at radius 1 is 1.37 bits per heavy atom. The standard InChI is InChI=1S/C12H18N2O3S2/c1-9(8-18-3)12(15)14(2)10-4-6-11(7-5-10)19(13,16)17/h4-7,9H,8H2,1-3H3,(H2,13,16,17). The number of primary sulfonamides is 1. The monoisotopic (exact) mass is 302 g/mol. The van der Waals surface area contributed by atoms with Crippen molar-refractivity contribution >= 4 is 33.4 Å². The fourth-order valence-electron chi connectivity index (χ4n) is 1.64. The van der Waals surface area contributed by atoms with Crippen molar-refractivity contribution in [1.82, 2.24) is 0 Å². The van der Waals surface area contributed by atoms with Gasteiger partial charge in [0.1, 0.15) is 0 Å². The Labute approximate surface area is 118 Å². The van der Waals surface area contributed by atoms with Crippen LogP contribution in [-0.4, -0.2) is 33.4 Å². The second-order valence-corrected chi connectivity index (χ2v) is 6.76. The van der Waals surface area contributed by atoms with Crippen molar-refractivity contribution in [3.8, 4) is 0 Å². The van der Waals surface area contributed by atoms with Gasteiger partial charge in [0.05, 0.1) is 4.90 Å². The number of sulfonamides is 1. The summed E-state index contributed by atoms with van der Waals surface area (Å²) in [5.74, 6) is 0.661. The Morgan fingerprint density at radius 3 is 2.32 bits per heavy atom. The lowest BCUT2D eigenvalue weighted by atomic mass is 10.2. The Hall–Kier alpha value is -1.05. The fraction of sp³-hybridized carbons (Fsp3) is 0.417. The van der Waals surface area contributed by atoms with Gasteiger partial charge in [0, 0.05) is 24.4 Å². The van der Waals surface area contributed by atoms with E-state index in [2.05, 4.69) is 0 Å². The molecule has 0 radical (unpaired) electrons. The van der Waals surface area contributed by atoms with Crippen LogP contribution >= 0.6 is 11.8 Å². The topological polar surface area (TPSA) is 80.5 Å². The molecule has 0 saturated carbocycles. The van der Waals surface area contributed by atoms with Crippen LogP contribution in [0.2, 0.25) is 0 Å². The second-order valence-electron chi connectivity index (χ2n) is 4.29. The zero-order valence-electron chi connectivity index (χ0n) is 11.2. The average molecular weight is 302 g/mol. The Bertz CT molecular complexity index is 541. The summed E-state index contributed by atoms with van der Waals surface area (Å²) >= 11 is 1.61. The van der Waals surface area contributed by atoms with Crippen molar-refractivity contribution in [1.29, 1.82) is 0 Å². The van der Waals surface area contributed by atoms with Gasteiger partial charge >= 0.3 is 0 Å². The van der Waals surface area contributed by atoms with Crippen LogP contribution < -0.4 is 10.0 Å². The van der Waals surface area contributed by atoms with E-state index in [0.717, 1.165) is 5.75 Å². The molecule has 1 atom stereocenters. The molecular weight excluding hydrogens is 284 g/mol. The van der Waals surface area contributed by atoms with Crippen molar-refractivity contribution in [2.24, 2.45) is 11.1 Å². The van der Waals surface area contributed by atoms with E-state index in [-0.39, 0.29) is 16.7 Å². The fourth-order valence-corrected chi connectivity index (χ4v) is 2.80. The number of anilines is 1. The zero-order chi connectivity index (χ0) is 14.6. The number of benzene rings is 1. The number of nitrogens with zero attached hydrogens (tertiary/aromatic N) is 1. The lowest BCUT2D eigenvalue weighted by Gasteiger charge is -2.21. The minimum absolute atomic E-state index is 0.00212. The third-order valence-electron chi connectivity index (χ3n) is 2.72. The molecule has 0 aromatic heterocycles. The van der Waals surface area contributed by atoms with Crippen molar-refractivity contribution < 1.29 is 13.2 Å². The smallest absolute Gasteiger partial charge is 0.238 e. The third-order valence-corrected chi connectivity index (χ3v) is 4.48. The third kappa shape index (κ3) is 4.22. The summed E-state index contributed by atoms with van der Waals surface area (Å²) in [5, 5.41) is 5.02. The number of hydrogen-bond donors (Lipinski definition) is 1. The summed E-state index contributed by atoms with van der Waals surface area (Å²) in [6, 6.07) is 5.94. The van der Waals surface area contributed by atoms with Crippen molar-refractivity contribution in [3.63, 3.8) is 0 Å². The highest BCUT2D eigenvalue weighted by Crippen LogP contribution is 2.19. The number of carbonyl (C=O) groups excluding carboxylic acids is 1.